The van der Waals surface area contributed by atoms with Crippen molar-refractivity contribution in [1.82, 2.24) is 4.98 Å². The molecule has 0 saturated carbocycles. The number of carboxylic acids is 1. The fraction of sp³-hybridized carbons (Fsp3) is 0.833. The van der Waals surface area contributed by atoms with Gasteiger partial charge in [0.2, 0.25) is 0 Å². The van der Waals surface area contributed by atoms with Gasteiger partial charge in [0.1, 0.15) is 14.3 Å². The summed E-state index contributed by atoms with van der Waals surface area (Å²) in [5.41, 5.74) is 0. The second-order valence-corrected chi connectivity index (χ2v) is 8.62. The van der Waals surface area contributed by atoms with Crippen molar-refractivity contribution in [3.05, 3.63) is 0 Å². The van der Waals surface area contributed by atoms with Crippen LogP contribution in [-0.2, 0) is 4.79 Å². The summed E-state index contributed by atoms with van der Waals surface area (Å²) in [7, 11) is -1.48. The first-order valence-electron chi connectivity index (χ1n) is 3.48. The van der Waals surface area contributed by atoms with Crippen LogP contribution in [0.4, 0.5) is 0 Å². The van der Waals surface area contributed by atoms with E-state index in [4.69, 9.17) is 5.11 Å². The van der Waals surface area contributed by atoms with Crippen LogP contribution < -0.4 is 4.98 Å². The third kappa shape index (κ3) is 5.29. The van der Waals surface area contributed by atoms with E-state index in [2.05, 4.69) is 37.3 Å². The van der Waals surface area contributed by atoms with Gasteiger partial charge in [0.05, 0.1) is 0 Å². The molecule has 0 radical (unpaired) electrons. The van der Waals surface area contributed by atoms with Crippen LogP contribution >= 0.6 is 12.6 Å². The second-order valence-electron chi connectivity index (χ2n) is 3.47. The number of nitrogens with one attached hydrogen (secondary N) is 1. The summed E-state index contributed by atoms with van der Waals surface area (Å²) >= 11 is 3.95. The summed E-state index contributed by atoms with van der Waals surface area (Å²) in [6.07, 6.45) is 0. The van der Waals surface area contributed by atoms with Crippen LogP contribution in [0.2, 0.25) is 19.6 Å². The molecule has 1 atom stereocenters. The van der Waals surface area contributed by atoms with Crippen molar-refractivity contribution in [2.45, 2.75) is 25.7 Å². The summed E-state index contributed by atoms with van der Waals surface area (Å²) in [6, 6.07) is -0.495. The normalized spacial score (nSPS) is 14.5. The van der Waals surface area contributed by atoms with E-state index in [-0.39, 0.29) is 0 Å². The van der Waals surface area contributed by atoms with Gasteiger partial charge in [0.15, 0.2) is 0 Å². The molecule has 0 aromatic heterocycles. The van der Waals surface area contributed by atoms with Crippen molar-refractivity contribution in [2.24, 2.45) is 0 Å². The standard InChI is InChI=1S/C6H15NO2SSi/c1-11(2,3)7-5(4-10)6(8)9/h5,7,10H,4H2,1-3H3,(H,8,9)/t5-/m0/s1. The molecule has 0 aromatic carbocycles. The molecule has 0 aromatic rings. The largest absolute Gasteiger partial charge is 0.480 e. The van der Waals surface area contributed by atoms with Gasteiger partial charge in [-0.15, -0.1) is 0 Å². The summed E-state index contributed by atoms with van der Waals surface area (Å²) in [6.45, 7) is 6.19. The molecule has 0 heterocycles. The molecule has 5 heteroatoms. The topological polar surface area (TPSA) is 49.3 Å². The van der Waals surface area contributed by atoms with Crippen LogP contribution in [0.15, 0.2) is 0 Å². The minimum Gasteiger partial charge on any atom is -0.480 e. The van der Waals surface area contributed by atoms with Crippen molar-refractivity contribution in [3.8, 4) is 0 Å². The Morgan fingerprint density at radius 3 is 2.18 bits per heavy atom. The number of hydrogen-bond donors (Lipinski definition) is 3. The molecule has 0 aliphatic carbocycles. The first-order chi connectivity index (χ1) is 4.87. The maximum atomic E-state index is 10.5. The zero-order valence-corrected chi connectivity index (χ0v) is 8.98. The number of rotatable bonds is 4. The molecule has 0 amide bonds. The maximum absolute atomic E-state index is 10.5. The first kappa shape index (κ1) is 11.0. The Morgan fingerprint density at radius 1 is 1.64 bits per heavy atom. The number of hydrogen-bond acceptors (Lipinski definition) is 3. The number of carboxylic acid groups (broad SMARTS) is 1. The molecule has 0 saturated heterocycles. The monoisotopic (exact) mass is 193 g/mol. The average Bonchev–Trinajstić information content (AvgIpc) is 1.80. The van der Waals surface area contributed by atoms with Crippen molar-refractivity contribution in [2.75, 3.05) is 5.75 Å². The zero-order valence-electron chi connectivity index (χ0n) is 7.09. The Morgan fingerprint density at radius 2 is 2.09 bits per heavy atom. The van der Waals surface area contributed by atoms with E-state index >= 15 is 0 Å². The van der Waals surface area contributed by atoms with E-state index in [0.29, 0.717) is 5.75 Å². The molecule has 66 valence electrons. The molecular formula is C6H15NO2SSi. The van der Waals surface area contributed by atoms with Gasteiger partial charge >= 0.3 is 5.97 Å². The average molecular weight is 193 g/mol. The lowest BCUT2D eigenvalue weighted by molar-refractivity contribution is -0.138. The fourth-order valence-corrected chi connectivity index (χ4v) is 2.40. The van der Waals surface area contributed by atoms with Crippen LogP contribution in [0.3, 0.4) is 0 Å². The van der Waals surface area contributed by atoms with Gasteiger partial charge in [0, 0.05) is 5.75 Å². The quantitative estimate of drug-likeness (QED) is 0.457. The molecule has 11 heavy (non-hydrogen) atoms. The predicted octanol–water partition coefficient (Wildman–Crippen LogP) is 0.794. The van der Waals surface area contributed by atoms with E-state index in [0.717, 1.165) is 0 Å². The van der Waals surface area contributed by atoms with Gasteiger partial charge in [-0.05, 0) is 0 Å². The summed E-state index contributed by atoms with van der Waals surface area (Å²) in [5.74, 6) is -0.470. The highest BCUT2D eigenvalue weighted by Crippen LogP contribution is 1.99. The number of carbonyl (C=O) groups is 1. The molecule has 0 aliphatic heterocycles. The van der Waals surface area contributed by atoms with Crippen molar-refractivity contribution in [1.29, 1.82) is 0 Å². The molecule has 0 spiro atoms. The van der Waals surface area contributed by atoms with Crippen LogP contribution in [0.5, 0.6) is 0 Å². The maximum Gasteiger partial charge on any atom is 0.320 e. The molecule has 2 N–H and O–H groups in total. The minimum atomic E-state index is -1.48. The van der Waals surface area contributed by atoms with E-state index < -0.39 is 20.2 Å². The molecule has 0 unspecified atom stereocenters. The highest BCUT2D eigenvalue weighted by Gasteiger charge is 2.22. The lowest BCUT2D eigenvalue weighted by atomic mass is 10.4. The predicted molar refractivity (Wildman–Crippen MR) is 51.8 cm³/mol. The Bertz CT molecular complexity index is 146. The van der Waals surface area contributed by atoms with Crippen molar-refractivity contribution in [3.63, 3.8) is 0 Å². The Kier molecular flexibility index (Phi) is 4.13. The van der Waals surface area contributed by atoms with E-state index in [1.54, 1.807) is 0 Å². The first-order valence-corrected chi connectivity index (χ1v) is 7.61. The van der Waals surface area contributed by atoms with Gasteiger partial charge < -0.3 is 10.1 Å². The fourth-order valence-electron chi connectivity index (χ4n) is 0.708. The highest BCUT2D eigenvalue weighted by molar-refractivity contribution is 7.80. The Hall–Kier alpha value is -0.00312. The van der Waals surface area contributed by atoms with E-state index in [9.17, 15) is 4.79 Å². The van der Waals surface area contributed by atoms with Crippen molar-refractivity contribution >= 4 is 26.8 Å². The van der Waals surface area contributed by atoms with Crippen LogP contribution in [0.25, 0.3) is 0 Å². The molecular weight excluding hydrogens is 178 g/mol. The van der Waals surface area contributed by atoms with Gasteiger partial charge in [-0.2, -0.15) is 12.6 Å². The smallest absolute Gasteiger partial charge is 0.320 e. The molecule has 0 fully saturated rings. The van der Waals surface area contributed by atoms with Crippen LogP contribution in [0, 0.1) is 0 Å². The second kappa shape index (κ2) is 4.13. The van der Waals surface area contributed by atoms with Gasteiger partial charge in [-0.3, -0.25) is 4.79 Å². The number of aliphatic carboxylic acids is 1. The Labute approximate surface area is 73.7 Å². The van der Waals surface area contributed by atoms with Gasteiger partial charge in [-0.25, -0.2) is 0 Å². The third-order valence-corrected chi connectivity index (χ3v) is 2.67. The molecule has 0 bridgehead atoms. The summed E-state index contributed by atoms with van der Waals surface area (Å²) in [5, 5.41) is 8.65. The van der Waals surface area contributed by atoms with Crippen LogP contribution in [0.1, 0.15) is 0 Å². The molecule has 0 aliphatic rings. The molecule has 3 nitrogen and oxygen atoms in total. The number of thiol groups is 1. The molecule has 0 rings (SSSR count). The zero-order chi connectivity index (χ0) is 9.07. The van der Waals surface area contributed by atoms with Crippen LogP contribution in [-0.4, -0.2) is 31.1 Å². The van der Waals surface area contributed by atoms with E-state index in [1.807, 2.05) is 0 Å². The SMILES string of the molecule is C[Si](C)(C)N[C@@H](CS)C(=O)O. The third-order valence-electron chi connectivity index (χ3n) is 1.09. The lowest BCUT2D eigenvalue weighted by Crippen LogP contribution is -2.52. The van der Waals surface area contributed by atoms with Gasteiger partial charge in [0.25, 0.3) is 0 Å². The summed E-state index contributed by atoms with van der Waals surface area (Å²) in [4.78, 5) is 13.6. The Balaban J connectivity index is 3.99. The lowest BCUT2D eigenvalue weighted by Gasteiger charge is -2.22. The van der Waals surface area contributed by atoms with Crippen molar-refractivity contribution < 1.29 is 9.90 Å². The van der Waals surface area contributed by atoms with Gasteiger partial charge in [-0.1, -0.05) is 19.6 Å². The summed E-state index contributed by atoms with van der Waals surface area (Å²) < 4.78 is 0. The highest BCUT2D eigenvalue weighted by atomic mass is 32.1. The van der Waals surface area contributed by atoms with E-state index in [1.165, 1.54) is 0 Å². The minimum absolute atomic E-state index is 0.347.